The monoisotopic (exact) mass is 366 g/mol. The summed E-state index contributed by atoms with van der Waals surface area (Å²) in [5.41, 5.74) is 2.45. The summed E-state index contributed by atoms with van der Waals surface area (Å²) >= 11 is 0. The van der Waals surface area contributed by atoms with Crippen LogP contribution in [0, 0.1) is 0 Å². The molecule has 3 heterocycles. The van der Waals surface area contributed by atoms with E-state index in [0.717, 1.165) is 48.8 Å². The number of anilines is 1. The second kappa shape index (κ2) is 7.23. The van der Waals surface area contributed by atoms with E-state index in [9.17, 15) is 0 Å². The molecule has 1 fully saturated rings. The molecule has 0 unspecified atom stereocenters. The molecule has 27 heavy (non-hydrogen) atoms. The normalized spacial score (nSPS) is 17.5. The number of fused-ring (bicyclic) bond motifs is 1. The Morgan fingerprint density at radius 3 is 2.70 bits per heavy atom. The first-order valence-electron chi connectivity index (χ1n) is 9.52. The molecule has 1 aliphatic heterocycles. The molecule has 1 saturated heterocycles. The van der Waals surface area contributed by atoms with E-state index in [0.29, 0.717) is 12.1 Å². The first-order valence-corrected chi connectivity index (χ1v) is 9.52. The van der Waals surface area contributed by atoms with Crippen LogP contribution in [0.3, 0.4) is 0 Å². The third-order valence-corrected chi connectivity index (χ3v) is 4.73. The predicted octanol–water partition coefficient (Wildman–Crippen LogP) is 3.16. The Hall–Kier alpha value is -2.54. The van der Waals surface area contributed by atoms with Crippen molar-refractivity contribution >= 4 is 17.0 Å². The molecule has 1 atom stereocenters. The first kappa shape index (κ1) is 17.9. The van der Waals surface area contributed by atoms with E-state index in [2.05, 4.69) is 48.5 Å². The van der Waals surface area contributed by atoms with Gasteiger partial charge in [0.2, 0.25) is 0 Å². The van der Waals surface area contributed by atoms with E-state index in [1.807, 2.05) is 22.9 Å². The maximum atomic E-state index is 5.72. The highest BCUT2D eigenvalue weighted by atomic mass is 16.5. The van der Waals surface area contributed by atoms with Gasteiger partial charge in [-0.2, -0.15) is 0 Å². The zero-order valence-electron chi connectivity index (χ0n) is 16.1. The molecule has 0 saturated carbocycles. The Labute approximate surface area is 159 Å². The predicted molar refractivity (Wildman–Crippen MR) is 105 cm³/mol. The van der Waals surface area contributed by atoms with E-state index in [-0.39, 0.29) is 11.5 Å². The van der Waals surface area contributed by atoms with E-state index in [4.69, 9.17) is 14.7 Å². The lowest BCUT2D eigenvalue weighted by molar-refractivity contribution is 0.120. The zero-order chi connectivity index (χ0) is 18.9. The molecule has 1 aromatic carbocycles. The zero-order valence-corrected chi connectivity index (χ0v) is 16.1. The molecule has 0 radical (unpaired) electrons. The fourth-order valence-corrected chi connectivity index (χ4v) is 3.19. The largest absolute Gasteiger partial charge is 0.376 e. The standard InChI is InChI=1S/C20H26N6O/c1-20(2,3)19-22-17(21-12-15-10-7-11-27-15)16-18(23-19)26(25-24-16)13-14-8-5-4-6-9-14/h4-6,8-9,15H,7,10-13H2,1-3H3,(H,21,22,23)/t15-/m1/s1. The Kier molecular flexibility index (Phi) is 4.78. The van der Waals surface area contributed by atoms with Gasteiger partial charge in [-0.1, -0.05) is 56.3 Å². The highest BCUT2D eigenvalue weighted by Gasteiger charge is 2.23. The Morgan fingerprint density at radius 2 is 2.00 bits per heavy atom. The molecule has 1 N–H and O–H groups in total. The van der Waals surface area contributed by atoms with Gasteiger partial charge >= 0.3 is 0 Å². The van der Waals surface area contributed by atoms with Crippen LogP contribution >= 0.6 is 0 Å². The van der Waals surface area contributed by atoms with Gasteiger partial charge in [-0.15, -0.1) is 5.10 Å². The maximum absolute atomic E-state index is 5.72. The molecule has 3 aromatic rings. The SMILES string of the molecule is CC(C)(C)c1nc(NC[C@H]2CCCO2)c2nnn(Cc3ccccc3)c2n1. The molecule has 7 heteroatoms. The molecule has 142 valence electrons. The second-order valence-corrected chi connectivity index (χ2v) is 8.07. The third-order valence-electron chi connectivity index (χ3n) is 4.73. The van der Waals surface area contributed by atoms with Gasteiger partial charge in [-0.05, 0) is 18.4 Å². The van der Waals surface area contributed by atoms with Crippen molar-refractivity contribution in [3.8, 4) is 0 Å². The summed E-state index contributed by atoms with van der Waals surface area (Å²) in [5, 5.41) is 12.1. The molecular formula is C20H26N6O. The molecular weight excluding hydrogens is 340 g/mol. The topological polar surface area (TPSA) is 77.8 Å². The van der Waals surface area contributed by atoms with Crippen LogP contribution < -0.4 is 5.32 Å². The van der Waals surface area contributed by atoms with Crippen molar-refractivity contribution in [3.05, 3.63) is 41.7 Å². The summed E-state index contributed by atoms with van der Waals surface area (Å²) in [6.45, 7) is 8.53. The summed E-state index contributed by atoms with van der Waals surface area (Å²) in [7, 11) is 0. The molecule has 1 aliphatic rings. The molecule has 0 spiro atoms. The second-order valence-electron chi connectivity index (χ2n) is 8.07. The van der Waals surface area contributed by atoms with Gasteiger partial charge < -0.3 is 10.1 Å². The van der Waals surface area contributed by atoms with E-state index < -0.39 is 0 Å². The maximum Gasteiger partial charge on any atom is 0.184 e. The molecule has 2 aromatic heterocycles. The lowest BCUT2D eigenvalue weighted by atomic mass is 9.96. The lowest BCUT2D eigenvalue weighted by Gasteiger charge is -2.18. The number of hydrogen-bond acceptors (Lipinski definition) is 6. The molecule has 0 amide bonds. The Bertz CT molecular complexity index is 909. The molecule has 0 bridgehead atoms. The van der Waals surface area contributed by atoms with Gasteiger partial charge in [0, 0.05) is 18.6 Å². The van der Waals surface area contributed by atoms with Gasteiger partial charge in [0.1, 0.15) is 5.82 Å². The van der Waals surface area contributed by atoms with Gasteiger partial charge in [0.05, 0.1) is 12.6 Å². The smallest absolute Gasteiger partial charge is 0.184 e. The molecule has 4 rings (SSSR count). The van der Waals surface area contributed by atoms with Gasteiger partial charge in [0.25, 0.3) is 0 Å². The number of ether oxygens (including phenoxy) is 1. The fourth-order valence-electron chi connectivity index (χ4n) is 3.19. The minimum absolute atomic E-state index is 0.170. The van der Waals surface area contributed by atoms with Crippen LogP contribution in [0.4, 0.5) is 5.82 Å². The molecule has 0 aliphatic carbocycles. The van der Waals surface area contributed by atoms with Crippen LogP contribution in [0.2, 0.25) is 0 Å². The van der Waals surface area contributed by atoms with E-state index >= 15 is 0 Å². The average Bonchev–Trinajstić information content (AvgIpc) is 3.30. The van der Waals surface area contributed by atoms with Gasteiger partial charge in [0.15, 0.2) is 17.0 Å². The van der Waals surface area contributed by atoms with Crippen molar-refractivity contribution in [3.63, 3.8) is 0 Å². The van der Waals surface area contributed by atoms with Crippen molar-refractivity contribution < 1.29 is 4.74 Å². The summed E-state index contributed by atoms with van der Waals surface area (Å²) in [4.78, 5) is 9.56. The summed E-state index contributed by atoms with van der Waals surface area (Å²) in [6, 6.07) is 10.2. The number of hydrogen-bond donors (Lipinski definition) is 1. The number of benzene rings is 1. The third kappa shape index (κ3) is 3.93. The lowest BCUT2D eigenvalue weighted by Crippen LogP contribution is -2.22. The Morgan fingerprint density at radius 1 is 1.19 bits per heavy atom. The van der Waals surface area contributed by atoms with E-state index in [1.54, 1.807) is 0 Å². The number of rotatable bonds is 5. The highest BCUT2D eigenvalue weighted by molar-refractivity contribution is 5.82. The summed E-state index contributed by atoms with van der Waals surface area (Å²) in [5.74, 6) is 1.51. The van der Waals surface area contributed by atoms with Crippen molar-refractivity contribution in [1.82, 2.24) is 25.0 Å². The van der Waals surface area contributed by atoms with Crippen LogP contribution in [0.5, 0.6) is 0 Å². The number of nitrogens with one attached hydrogen (secondary N) is 1. The summed E-state index contributed by atoms with van der Waals surface area (Å²) < 4.78 is 7.57. The quantitative estimate of drug-likeness (QED) is 0.747. The number of nitrogens with zero attached hydrogens (tertiary/aromatic N) is 5. The van der Waals surface area contributed by atoms with Crippen molar-refractivity contribution in [2.24, 2.45) is 0 Å². The van der Waals surface area contributed by atoms with Crippen LogP contribution in [-0.2, 0) is 16.7 Å². The van der Waals surface area contributed by atoms with Crippen molar-refractivity contribution in [1.29, 1.82) is 0 Å². The molecule has 7 nitrogen and oxygen atoms in total. The Balaban J connectivity index is 1.70. The van der Waals surface area contributed by atoms with Crippen LogP contribution in [0.25, 0.3) is 11.2 Å². The van der Waals surface area contributed by atoms with Gasteiger partial charge in [-0.3, -0.25) is 0 Å². The average molecular weight is 366 g/mol. The summed E-state index contributed by atoms with van der Waals surface area (Å²) in [6.07, 6.45) is 2.42. The minimum Gasteiger partial charge on any atom is -0.376 e. The first-order chi connectivity index (χ1) is 13.0. The highest BCUT2D eigenvalue weighted by Crippen LogP contribution is 2.25. The minimum atomic E-state index is -0.170. The number of aromatic nitrogens is 5. The van der Waals surface area contributed by atoms with Crippen molar-refractivity contribution in [2.75, 3.05) is 18.5 Å². The fraction of sp³-hybridized carbons (Fsp3) is 0.500. The van der Waals surface area contributed by atoms with E-state index in [1.165, 1.54) is 0 Å². The van der Waals surface area contributed by atoms with Crippen LogP contribution in [0.1, 0.15) is 45.0 Å². The van der Waals surface area contributed by atoms with Crippen LogP contribution in [0.15, 0.2) is 30.3 Å². The van der Waals surface area contributed by atoms with Gasteiger partial charge in [-0.25, -0.2) is 14.6 Å². The van der Waals surface area contributed by atoms with Crippen LogP contribution in [-0.4, -0.2) is 44.2 Å². The van der Waals surface area contributed by atoms with Crippen molar-refractivity contribution in [2.45, 2.75) is 51.7 Å².